The SMILES string of the molecule is Cc1cnn(C[C@H]2CN[C@H](C)CN2CC(=O)N2CC(C)(C)c3ccc(Cc4ccc(F)cc4)cc32)c1C. The molecule has 0 bridgehead atoms. The van der Waals surface area contributed by atoms with Crippen molar-refractivity contribution in [1.29, 1.82) is 0 Å². The van der Waals surface area contributed by atoms with Crippen LogP contribution in [0.5, 0.6) is 0 Å². The van der Waals surface area contributed by atoms with Crippen molar-refractivity contribution in [2.24, 2.45) is 0 Å². The van der Waals surface area contributed by atoms with Gasteiger partial charge in [0.05, 0.1) is 19.3 Å². The molecule has 2 aliphatic rings. The summed E-state index contributed by atoms with van der Waals surface area (Å²) in [6.45, 7) is 14.2. The zero-order valence-corrected chi connectivity index (χ0v) is 22.6. The van der Waals surface area contributed by atoms with E-state index in [9.17, 15) is 9.18 Å². The van der Waals surface area contributed by atoms with E-state index in [1.807, 2.05) is 23.2 Å². The fraction of sp³-hybridized carbons (Fsp3) is 0.467. The van der Waals surface area contributed by atoms with Gasteiger partial charge in [0, 0.05) is 48.5 Å². The summed E-state index contributed by atoms with van der Waals surface area (Å²) in [5.41, 5.74) is 6.64. The van der Waals surface area contributed by atoms with Gasteiger partial charge >= 0.3 is 0 Å². The molecule has 196 valence electrons. The minimum absolute atomic E-state index is 0.112. The molecule has 0 aliphatic carbocycles. The maximum Gasteiger partial charge on any atom is 0.241 e. The van der Waals surface area contributed by atoms with E-state index in [1.54, 1.807) is 0 Å². The molecule has 1 saturated heterocycles. The molecule has 2 aliphatic heterocycles. The van der Waals surface area contributed by atoms with E-state index in [-0.39, 0.29) is 23.2 Å². The van der Waals surface area contributed by atoms with E-state index < -0.39 is 0 Å². The molecule has 2 atom stereocenters. The van der Waals surface area contributed by atoms with Crippen LogP contribution >= 0.6 is 0 Å². The summed E-state index contributed by atoms with van der Waals surface area (Å²) in [6, 6.07) is 13.6. The summed E-state index contributed by atoms with van der Waals surface area (Å²) >= 11 is 0. The zero-order valence-electron chi connectivity index (χ0n) is 22.6. The number of anilines is 1. The Morgan fingerprint density at radius 2 is 1.86 bits per heavy atom. The van der Waals surface area contributed by atoms with Crippen LogP contribution in [0.3, 0.4) is 0 Å². The predicted molar refractivity (Wildman–Crippen MR) is 146 cm³/mol. The molecule has 1 fully saturated rings. The Morgan fingerprint density at radius 1 is 1.14 bits per heavy atom. The van der Waals surface area contributed by atoms with Crippen LogP contribution in [0.1, 0.15) is 48.7 Å². The number of carbonyl (C=O) groups excluding carboxylic acids is 1. The van der Waals surface area contributed by atoms with Gasteiger partial charge in [-0.25, -0.2) is 4.39 Å². The van der Waals surface area contributed by atoms with E-state index in [4.69, 9.17) is 0 Å². The number of hydrogen-bond acceptors (Lipinski definition) is 4. The van der Waals surface area contributed by atoms with Crippen LogP contribution in [0.2, 0.25) is 0 Å². The molecule has 0 unspecified atom stereocenters. The predicted octanol–water partition coefficient (Wildman–Crippen LogP) is 4.22. The van der Waals surface area contributed by atoms with Crippen LogP contribution in [-0.2, 0) is 23.2 Å². The lowest BCUT2D eigenvalue weighted by Crippen LogP contribution is -2.59. The molecule has 2 aromatic carbocycles. The number of nitrogens with zero attached hydrogens (tertiary/aromatic N) is 4. The van der Waals surface area contributed by atoms with E-state index in [0.29, 0.717) is 25.6 Å². The lowest BCUT2D eigenvalue weighted by atomic mass is 9.86. The molecule has 3 heterocycles. The summed E-state index contributed by atoms with van der Waals surface area (Å²) in [7, 11) is 0. The van der Waals surface area contributed by atoms with E-state index in [1.165, 1.54) is 29.0 Å². The Labute approximate surface area is 219 Å². The van der Waals surface area contributed by atoms with Crippen LogP contribution in [0.25, 0.3) is 0 Å². The first-order chi connectivity index (χ1) is 17.6. The van der Waals surface area contributed by atoms with E-state index in [2.05, 4.69) is 72.8 Å². The second-order valence-corrected chi connectivity index (χ2v) is 11.5. The van der Waals surface area contributed by atoms with Crippen molar-refractivity contribution in [2.45, 2.75) is 65.1 Å². The Kier molecular flexibility index (Phi) is 6.94. The molecule has 37 heavy (non-hydrogen) atoms. The quantitative estimate of drug-likeness (QED) is 0.548. The molecule has 5 rings (SSSR count). The van der Waals surface area contributed by atoms with Gasteiger partial charge in [-0.05, 0) is 67.6 Å². The van der Waals surface area contributed by atoms with Crippen LogP contribution in [-0.4, -0.2) is 58.9 Å². The molecule has 0 radical (unpaired) electrons. The zero-order chi connectivity index (χ0) is 26.3. The molecule has 0 spiro atoms. The second-order valence-electron chi connectivity index (χ2n) is 11.5. The highest BCUT2D eigenvalue weighted by Gasteiger charge is 2.39. The van der Waals surface area contributed by atoms with Crippen molar-refractivity contribution in [3.63, 3.8) is 0 Å². The number of carbonyl (C=O) groups is 1. The number of amides is 1. The van der Waals surface area contributed by atoms with Crippen LogP contribution in [0.4, 0.5) is 10.1 Å². The number of benzene rings is 2. The highest BCUT2D eigenvalue weighted by Crippen LogP contribution is 2.41. The number of fused-ring (bicyclic) bond motifs is 1. The number of rotatable bonds is 6. The van der Waals surface area contributed by atoms with Gasteiger partial charge in [-0.15, -0.1) is 0 Å². The van der Waals surface area contributed by atoms with Crippen molar-refractivity contribution < 1.29 is 9.18 Å². The average molecular weight is 504 g/mol. The molecular weight excluding hydrogens is 465 g/mol. The van der Waals surface area contributed by atoms with Gasteiger partial charge in [-0.1, -0.05) is 38.1 Å². The summed E-state index contributed by atoms with van der Waals surface area (Å²) in [5.74, 6) is -0.0900. The smallest absolute Gasteiger partial charge is 0.241 e. The fourth-order valence-corrected chi connectivity index (χ4v) is 5.70. The van der Waals surface area contributed by atoms with Crippen LogP contribution < -0.4 is 10.2 Å². The number of aryl methyl sites for hydroxylation is 1. The van der Waals surface area contributed by atoms with Crippen molar-refractivity contribution in [1.82, 2.24) is 20.0 Å². The van der Waals surface area contributed by atoms with Gasteiger partial charge in [0.1, 0.15) is 5.82 Å². The topological polar surface area (TPSA) is 53.4 Å². The van der Waals surface area contributed by atoms with E-state index in [0.717, 1.165) is 36.4 Å². The second kappa shape index (κ2) is 10.0. The minimum atomic E-state index is -0.227. The third kappa shape index (κ3) is 5.34. The van der Waals surface area contributed by atoms with Gasteiger partial charge < -0.3 is 10.2 Å². The molecule has 1 N–H and O–H groups in total. The highest BCUT2D eigenvalue weighted by molar-refractivity contribution is 5.97. The number of piperazine rings is 1. The van der Waals surface area contributed by atoms with E-state index >= 15 is 0 Å². The third-order valence-corrected chi connectivity index (χ3v) is 8.06. The van der Waals surface area contributed by atoms with Gasteiger partial charge in [0.15, 0.2) is 0 Å². The van der Waals surface area contributed by atoms with Crippen LogP contribution in [0.15, 0.2) is 48.7 Å². The molecular formula is C30H38FN5O. The monoisotopic (exact) mass is 503 g/mol. The summed E-state index contributed by atoms with van der Waals surface area (Å²) in [5, 5.41) is 8.15. The third-order valence-electron chi connectivity index (χ3n) is 8.06. The highest BCUT2D eigenvalue weighted by atomic mass is 19.1. The lowest BCUT2D eigenvalue weighted by molar-refractivity contribution is -0.120. The van der Waals surface area contributed by atoms with Crippen molar-refractivity contribution >= 4 is 11.6 Å². The Bertz CT molecular complexity index is 1280. The number of hydrogen-bond donors (Lipinski definition) is 1. The molecule has 1 amide bonds. The first-order valence-electron chi connectivity index (χ1n) is 13.3. The fourth-order valence-electron chi connectivity index (χ4n) is 5.70. The largest absolute Gasteiger partial charge is 0.311 e. The number of nitrogens with one attached hydrogen (secondary N) is 1. The molecule has 7 heteroatoms. The molecule has 0 saturated carbocycles. The maximum absolute atomic E-state index is 13.8. The minimum Gasteiger partial charge on any atom is -0.311 e. The molecule has 3 aromatic rings. The lowest BCUT2D eigenvalue weighted by Gasteiger charge is -2.39. The molecule has 1 aromatic heterocycles. The Hall–Kier alpha value is -3.03. The standard InChI is InChI=1S/C30H38FN5O/c1-20-14-33-36(22(20)3)17-26-15-32-21(2)16-34(26)18-29(37)35-19-30(4,5)27-11-8-24(13-28(27)35)12-23-6-9-25(31)10-7-23/h6-11,13-14,21,26,32H,12,15-19H2,1-5H3/t21-,26-/m1/s1. The summed E-state index contributed by atoms with van der Waals surface area (Å²) < 4.78 is 15.4. The van der Waals surface area contributed by atoms with Gasteiger partial charge in [-0.2, -0.15) is 5.10 Å². The number of aromatic nitrogens is 2. The Balaban J connectivity index is 1.36. The molecule has 6 nitrogen and oxygen atoms in total. The summed E-state index contributed by atoms with van der Waals surface area (Å²) in [6.07, 6.45) is 2.62. The van der Waals surface area contributed by atoms with Crippen LogP contribution in [0, 0.1) is 19.7 Å². The average Bonchev–Trinajstić information content (AvgIpc) is 3.32. The first kappa shape index (κ1) is 25.6. The van der Waals surface area contributed by atoms with Crippen molar-refractivity contribution in [3.8, 4) is 0 Å². The Morgan fingerprint density at radius 3 is 2.57 bits per heavy atom. The van der Waals surface area contributed by atoms with Crippen molar-refractivity contribution in [3.05, 3.63) is 82.4 Å². The maximum atomic E-state index is 13.8. The van der Waals surface area contributed by atoms with Gasteiger partial charge in [0.25, 0.3) is 0 Å². The number of halogens is 1. The van der Waals surface area contributed by atoms with Gasteiger partial charge in [0.2, 0.25) is 5.91 Å². The first-order valence-corrected chi connectivity index (χ1v) is 13.3. The normalized spacial score (nSPS) is 21.3. The van der Waals surface area contributed by atoms with Gasteiger partial charge in [-0.3, -0.25) is 14.4 Å². The van der Waals surface area contributed by atoms with Crippen molar-refractivity contribution in [2.75, 3.05) is 31.1 Å². The summed E-state index contributed by atoms with van der Waals surface area (Å²) in [4.78, 5) is 18.2.